The number of hydrogen-bond acceptors (Lipinski definition) is 2. The normalized spacial score (nSPS) is 11.6. The van der Waals surface area contributed by atoms with Crippen molar-refractivity contribution in [1.29, 1.82) is 0 Å². The van der Waals surface area contributed by atoms with Gasteiger partial charge in [0, 0.05) is 5.39 Å². The minimum atomic E-state index is 0.939. The first kappa shape index (κ1) is 11.6. The Hall–Kier alpha value is -3.00. The minimum absolute atomic E-state index is 0.939. The maximum atomic E-state index is 4.89. The van der Waals surface area contributed by atoms with Crippen LogP contribution in [0.4, 0.5) is 0 Å². The molecule has 1 heterocycles. The molecule has 2 heteroatoms. The summed E-state index contributed by atoms with van der Waals surface area (Å²) in [6.07, 6.45) is 0. The van der Waals surface area contributed by atoms with Gasteiger partial charge in [-0.3, -0.25) is 0 Å². The fraction of sp³-hybridized carbons (Fsp3) is 0. The molecule has 102 valence electrons. The predicted octanol–water partition coefficient (Wildman–Crippen LogP) is 5.09. The molecule has 0 unspecified atom stereocenters. The van der Waals surface area contributed by atoms with E-state index in [9.17, 15) is 0 Å². The third kappa shape index (κ3) is 1.55. The molecule has 0 spiro atoms. The zero-order valence-corrected chi connectivity index (χ0v) is 11.8. The number of para-hydroxylation sites is 2. The average Bonchev–Trinajstić information content (AvgIpc) is 2.59. The molecule has 1 aromatic heterocycles. The highest BCUT2D eigenvalue weighted by Gasteiger charge is 2.08. The van der Waals surface area contributed by atoms with E-state index in [1.807, 2.05) is 24.3 Å². The summed E-state index contributed by atoms with van der Waals surface area (Å²) < 4.78 is 0. The summed E-state index contributed by atoms with van der Waals surface area (Å²) in [4.78, 5) is 9.67. The average molecular weight is 280 g/mol. The molecule has 5 aromatic rings. The highest BCUT2D eigenvalue weighted by Crippen LogP contribution is 2.31. The lowest BCUT2D eigenvalue weighted by Gasteiger charge is -2.08. The number of nitrogens with zero attached hydrogens (tertiary/aromatic N) is 2. The molecule has 4 aromatic carbocycles. The molecule has 0 bridgehead atoms. The molecule has 22 heavy (non-hydrogen) atoms. The maximum absolute atomic E-state index is 4.89. The first-order chi connectivity index (χ1) is 10.9. The van der Waals surface area contributed by atoms with Crippen LogP contribution in [0, 0.1) is 0 Å². The van der Waals surface area contributed by atoms with E-state index in [0.717, 1.165) is 22.1 Å². The summed E-state index contributed by atoms with van der Waals surface area (Å²) in [7, 11) is 0. The molecule has 0 saturated carbocycles. The Morgan fingerprint density at radius 3 is 2.09 bits per heavy atom. The van der Waals surface area contributed by atoms with Crippen LogP contribution in [-0.4, -0.2) is 9.97 Å². The van der Waals surface area contributed by atoms with Crippen LogP contribution in [0.1, 0.15) is 0 Å². The van der Waals surface area contributed by atoms with E-state index in [4.69, 9.17) is 9.97 Å². The second-order valence-corrected chi connectivity index (χ2v) is 5.53. The largest absolute Gasteiger partial charge is 0.244 e. The second-order valence-electron chi connectivity index (χ2n) is 5.53. The van der Waals surface area contributed by atoms with Gasteiger partial charge in [-0.25, -0.2) is 9.97 Å². The molecule has 0 fully saturated rings. The zero-order chi connectivity index (χ0) is 14.5. The van der Waals surface area contributed by atoms with E-state index >= 15 is 0 Å². The number of benzene rings is 4. The smallest absolute Gasteiger partial charge is 0.0979 e. The third-order valence-electron chi connectivity index (χ3n) is 4.22. The zero-order valence-electron chi connectivity index (χ0n) is 11.8. The van der Waals surface area contributed by atoms with Crippen LogP contribution < -0.4 is 0 Å². The first-order valence-corrected chi connectivity index (χ1v) is 7.37. The van der Waals surface area contributed by atoms with E-state index in [1.165, 1.54) is 21.5 Å². The molecule has 0 amide bonds. The summed E-state index contributed by atoms with van der Waals surface area (Å²) >= 11 is 0. The van der Waals surface area contributed by atoms with Crippen molar-refractivity contribution in [2.75, 3.05) is 0 Å². The summed E-state index contributed by atoms with van der Waals surface area (Å²) in [5.74, 6) is 0. The Kier molecular flexibility index (Phi) is 2.25. The van der Waals surface area contributed by atoms with Gasteiger partial charge < -0.3 is 0 Å². The minimum Gasteiger partial charge on any atom is -0.244 e. The number of fused-ring (bicyclic) bond motifs is 6. The lowest BCUT2D eigenvalue weighted by Crippen LogP contribution is -1.89. The molecule has 0 radical (unpaired) electrons. The van der Waals surface area contributed by atoms with E-state index in [-0.39, 0.29) is 0 Å². The number of hydrogen-bond donors (Lipinski definition) is 0. The number of rotatable bonds is 0. The summed E-state index contributed by atoms with van der Waals surface area (Å²) in [6, 6.07) is 25.0. The van der Waals surface area contributed by atoms with Gasteiger partial charge in [-0.2, -0.15) is 0 Å². The number of aromatic nitrogens is 2. The molecule has 0 N–H and O–H groups in total. The quantitative estimate of drug-likeness (QED) is 0.292. The van der Waals surface area contributed by atoms with Crippen molar-refractivity contribution in [3.63, 3.8) is 0 Å². The van der Waals surface area contributed by atoms with Gasteiger partial charge in [0.05, 0.1) is 22.1 Å². The molecule has 2 nitrogen and oxygen atoms in total. The van der Waals surface area contributed by atoms with E-state index in [2.05, 4.69) is 48.5 Å². The van der Waals surface area contributed by atoms with E-state index in [1.54, 1.807) is 0 Å². The van der Waals surface area contributed by atoms with Crippen molar-refractivity contribution in [2.24, 2.45) is 0 Å². The summed E-state index contributed by atoms with van der Waals surface area (Å²) in [6.45, 7) is 0. The Bertz CT molecular complexity index is 1180. The molecule has 0 aliphatic heterocycles. The van der Waals surface area contributed by atoms with Gasteiger partial charge in [0.1, 0.15) is 0 Å². The van der Waals surface area contributed by atoms with E-state index in [0.29, 0.717) is 0 Å². The van der Waals surface area contributed by atoms with Crippen LogP contribution in [0.25, 0.3) is 43.6 Å². The molecule has 0 saturated heterocycles. The van der Waals surface area contributed by atoms with Crippen LogP contribution in [0.15, 0.2) is 72.8 Å². The standard InChI is InChI=1S/C20H12N2/c1-2-6-15-13(5-1)9-10-14-11-12-18-20(19(14)15)22-17-8-4-3-7-16(17)21-18/h1-12H. The predicted molar refractivity (Wildman–Crippen MR) is 92.1 cm³/mol. The first-order valence-electron chi connectivity index (χ1n) is 7.37. The van der Waals surface area contributed by atoms with Gasteiger partial charge in [-0.15, -0.1) is 0 Å². The lowest BCUT2D eigenvalue weighted by atomic mass is 10.0. The van der Waals surface area contributed by atoms with Crippen LogP contribution in [0.2, 0.25) is 0 Å². The summed E-state index contributed by atoms with van der Waals surface area (Å²) in [5, 5.41) is 4.86. The second kappa shape index (κ2) is 4.25. The van der Waals surface area contributed by atoms with Crippen molar-refractivity contribution < 1.29 is 0 Å². The van der Waals surface area contributed by atoms with Crippen molar-refractivity contribution >= 4 is 43.6 Å². The molecule has 0 atom stereocenters. The fourth-order valence-electron chi connectivity index (χ4n) is 3.17. The molecule has 5 rings (SSSR count). The van der Waals surface area contributed by atoms with Gasteiger partial charge in [0.2, 0.25) is 0 Å². The van der Waals surface area contributed by atoms with Crippen molar-refractivity contribution in [3.8, 4) is 0 Å². The highest BCUT2D eigenvalue weighted by molar-refractivity contribution is 6.18. The Morgan fingerprint density at radius 1 is 0.500 bits per heavy atom. The van der Waals surface area contributed by atoms with Crippen LogP contribution in [-0.2, 0) is 0 Å². The van der Waals surface area contributed by atoms with Gasteiger partial charge in [0.15, 0.2) is 0 Å². The lowest BCUT2D eigenvalue weighted by molar-refractivity contribution is 1.41. The van der Waals surface area contributed by atoms with E-state index < -0.39 is 0 Å². The monoisotopic (exact) mass is 280 g/mol. The Labute approximate surface area is 127 Å². The molecule has 0 aliphatic carbocycles. The van der Waals surface area contributed by atoms with Crippen molar-refractivity contribution in [3.05, 3.63) is 72.8 Å². The SMILES string of the molecule is c1ccc2c(c1)ccc1ccc3nc4ccccc4nc3c12. The van der Waals surface area contributed by atoms with Crippen molar-refractivity contribution in [1.82, 2.24) is 9.97 Å². The van der Waals surface area contributed by atoms with Gasteiger partial charge in [-0.05, 0) is 34.4 Å². The van der Waals surface area contributed by atoms with Gasteiger partial charge in [0.25, 0.3) is 0 Å². The van der Waals surface area contributed by atoms with Crippen LogP contribution >= 0.6 is 0 Å². The topological polar surface area (TPSA) is 25.8 Å². The molecular formula is C20H12N2. The summed E-state index contributed by atoms with van der Waals surface area (Å²) in [5.41, 5.74) is 3.81. The van der Waals surface area contributed by atoms with Gasteiger partial charge in [-0.1, -0.05) is 54.6 Å². The van der Waals surface area contributed by atoms with Gasteiger partial charge >= 0.3 is 0 Å². The maximum Gasteiger partial charge on any atom is 0.0979 e. The third-order valence-corrected chi connectivity index (χ3v) is 4.22. The highest BCUT2D eigenvalue weighted by atomic mass is 14.8. The molecule has 0 aliphatic rings. The Balaban J connectivity index is 2.09. The van der Waals surface area contributed by atoms with Crippen LogP contribution in [0.5, 0.6) is 0 Å². The van der Waals surface area contributed by atoms with Crippen LogP contribution in [0.3, 0.4) is 0 Å². The van der Waals surface area contributed by atoms with Crippen molar-refractivity contribution in [2.45, 2.75) is 0 Å². The Morgan fingerprint density at radius 2 is 1.18 bits per heavy atom. The molecular weight excluding hydrogens is 268 g/mol. The fourth-order valence-corrected chi connectivity index (χ4v) is 3.17.